The van der Waals surface area contributed by atoms with Crippen LogP contribution in [0.15, 0.2) is 54.1 Å². The second-order valence-corrected chi connectivity index (χ2v) is 5.01. The highest BCUT2D eigenvalue weighted by Gasteiger charge is 2.08. The normalized spacial score (nSPS) is 10.8. The summed E-state index contributed by atoms with van der Waals surface area (Å²) in [6.07, 6.45) is 1.43. The lowest BCUT2D eigenvalue weighted by Gasteiger charge is -2.05. The van der Waals surface area contributed by atoms with E-state index in [1.165, 1.54) is 18.2 Å². The first-order chi connectivity index (χ1) is 10.6. The van der Waals surface area contributed by atoms with E-state index < -0.39 is 5.91 Å². The van der Waals surface area contributed by atoms with Crippen LogP contribution in [0.25, 0.3) is 6.08 Å². The molecule has 0 radical (unpaired) electrons. The molecule has 0 atom stereocenters. The summed E-state index contributed by atoms with van der Waals surface area (Å²) >= 11 is 5.79. The third-order valence-corrected chi connectivity index (χ3v) is 3.16. The van der Waals surface area contributed by atoms with Gasteiger partial charge < -0.3 is 10.4 Å². The fourth-order valence-electron chi connectivity index (χ4n) is 1.81. The van der Waals surface area contributed by atoms with Crippen molar-refractivity contribution in [1.29, 1.82) is 5.26 Å². The van der Waals surface area contributed by atoms with E-state index in [0.717, 1.165) is 5.56 Å². The minimum absolute atomic E-state index is 0.0282. The number of hydrogen-bond donors (Lipinski definition) is 2. The third kappa shape index (κ3) is 4.37. The van der Waals surface area contributed by atoms with E-state index in [-0.39, 0.29) is 11.3 Å². The zero-order chi connectivity index (χ0) is 15.9. The molecule has 0 saturated carbocycles. The number of rotatable bonds is 4. The van der Waals surface area contributed by atoms with Crippen LogP contribution >= 0.6 is 11.6 Å². The second kappa shape index (κ2) is 7.30. The van der Waals surface area contributed by atoms with Gasteiger partial charge in [0.25, 0.3) is 5.91 Å². The standard InChI is InChI=1S/C17H13ClN2O2/c18-15-6-4-12(5-7-15)11-20-17(22)14(10-19)8-13-2-1-3-16(21)9-13/h1-9,21H,11H2,(H,20,22)/b14-8+. The first-order valence-corrected chi connectivity index (χ1v) is 6.90. The number of phenols is 1. The molecular weight excluding hydrogens is 300 g/mol. The van der Waals surface area contributed by atoms with Gasteiger partial charge in [0.05, 0.1) is 0 Å². The molecule has 2 rings (SSSR count). The summed E-state index contributed by atoms with van der Waals surface area (Å²) < 4.78 is 0. The van der Waals surface area contributed by atoms with Gasteiger partial charge in [0, 0.05) is 11.6 Å². The van der Waals surface area contributed by atoms with E-state index in [0.29, 0.717) is 17.1 Å². The van der Waals surface area contributed by atoms with Crippen molar-refractivity contribution in [2.75, 3.05) is 0 Å². The molecular formula is C17H13ClN2O2. The Balaban J connectivity index is 2.06. The van der Waals surface area contributed by atoms with Crippen molar-refractivity contribution in [1.82, 2.24) is 5.32 Å². The average molecular weight is 313 g/mol. The zero-order valence-corrected chi connectivity index (χ0v) is 12.3. The number of hydrogen-bond acceptors (Lipinski definition) is 3. The van der Waals surface area contributed by atoms with E-state index in [4.69, 9.17) is 16.9 Å². The largest absolute Gasteiger partial charge is 0.508 e. The van der Waals surface area contributed by atoms with Crippen LogP contribution in [0.5, 0.6) is 5.75 Å². The first-order valence-electron chi connectivity index (χ1n) is 6.52. The van der Waals surface area contributed by atoms with Crippen molar-refractivity contribution in [3.63, 3.8) is 0 Å². The monoisotopic (exact) mass is 312 g/mol. The van der Waals surface area contributed by atoms with E-state index in [1.54, 1.807) is 36.4 Å². The molecule has 2 aromatic carbocycles. The van der Waals surface area contributed by atoms with Crippen LogP contribution in [0, 0.1) is 11.3 Å². The summed E-state index contributed by atoms with van der Waals surface area (Å²) in [6, 6.07) is 15.3. The quantitative estimate of drug-likeness (QED) is 0.672. The van der Waals surface area contributed by atoms with Gasteiger partial charge in [-0.15, -0.1) is 0 Å². The Hall–Kier alpha value is -2.77. The fraction of sp³-hybridized carbons (Fsp3) is 0.0588. The van der Waals surface area contributed by atoms with Gasteiger partial charge in [0.15, 0.2) is 0 Å². The van der Waals surface area contributed by atoms with E-state index in [9.17, 15) is 9.90 Å². The highest BCUT2D eigenvalue weighted by atomic mass is 35.5. The van der Waals surface area contributed by atoms with Crippen LogP contribution in [-0.4, -0.2) is 11.0 Å². The lowest BCUT2D eigenvalue weighted by molar-refractivity contribution is -0.117. The Bertz CT molecular complexity index is 746. The summed E-state index contributed by atoms with van der Waals surface area (Å²) in [5.74, 6) is -0.395. The van der Waals surface area contributed by atoms with Crippen LogP contribution in [0.2, 0.25) is 5.02 Å². The van der Waals surface area contributed by atoms with Crippen LogP contribution in [0.1, 0.15) is 11.1 Å². The molecule has 110 valence electrons. The molecule has 0 aliphatic heterocycles. The van der Waals surface area contributed by atoms with Crippen LogP contribution in [-0.2, 0) is 11.3 Å². The molecule has 2 N–H and O–H groups in total. The number of nitrogens with one attached hydrogen (secondary N) is 1. The van der Waals surface area contributed by atoms with Crippen LogP contribution < -0.4 is 5.32 Å². The van der Waals surface area contributed by atoms with Crippen molar-refractivity contribution in [2.45, 2.75) is 6.54 Å². The number of amides is 1. The fourth-order valence-corrected chi connectivity index (χ4v) is 1.94. The molecule has 1 amide bonds. The molecule has 0 bridgehead atoms. The molecule has 4 nitrogen and oxygen atoms in total. The zero-order valence-electron chi connectivity index (χ0n) is 11.6. The molecule has 0 aliphatic carbocycles. The summed E-state index contributed by atoms with van der Waals surface area (Å²) in [5.41, 5.74) is 1.44. The highest BCUT2D eigenvalue weighted by Crippen LogP contribution is 2.14. The maximum Gasteiger partial charge on any atom is 0.262 e. The Labute approximate surface area is 133 Å². The van der Waals surface area contributed by atoms with Crippen molar-refractivity contribution in [3.8, 4) is 11.8 Å². The molecule has 2 aromatic rings. The average Bonchev–Trinajstić information content (AvgIpc) is 2.52. The molecule has 0 aliphatic rings. The Morgan fingerprint density at radius 1 is 1.27 bits per heavy atom. The smallest absolute Gasteiger partial charge is 0.262 e. The molecule has 0 aromatic heterocycles. The number of carbonyl (C=O) groups excluding carboxylic acids is 1. The number of halogens is 1. The van der Waals surface area contributed by atoms with Crippen molar-refractivity contribution < 1.29 is 9.90 Å². The molecule has 0 fully saturated rings. The summed E-state index contributed by atoms with van der Waals surface area (Å²) in [6.45, 7) is 0.301. The molecule has 0 heterocycles. The number of nitrogens with zero attached hydrogens (tertiary/aromatic N) is 1. The predicted octanol–water partition coefficient (Wildman–Crippen LogP) is 3.27. The molecule has 5 heteroatoms. The Morgan fingerprint density at radius 3 is 2.64 bits per heavy atom. The van der Waals surface area contributed by atoms with Crippen LogP contribution in [0.4, 0.5) is 0 Å². The lowest BCUT2D eigenvalue weighted by Crippen LogP contribution is -2.23. The van der Waals surface area contributed by atoms with E-state index in [2.05, 4.69) is 5.32 Å². The summed E-state index contributed by atoms with van der Waals surface area (Å²) in [5, 5.41) is 21.8. The SMILES string of the molecule is N#C/C(=C\c1cccc(O)c1)C(=O)NCc1ccc(Cl)cc1. The van der Waals surface area contributed by atoms with Crippen molar-refractivity contribution >= 4 is 23.6 Å². The highest BCUT2D eigenvalue weighted by molar-refractivity contribution is 6.30. The summed E-state index contributed by atoms with van der Waals surface area (Å²) in [7, 11) is 0. The first kappa shape index (κ1) is 15.6. The van der Waals surface area contributed by atoms with Crippen molar-refractivity contribution in [3.05, 3.63) is 70.3 Å². The minimum Gasteiger partial charge on any atom is -0.508 e. The van der Waals surface area contributed by atoms with E-state index in [1.807, 2.05) is 6.07 Å². The molecule has 0 saturated heterocycles. The molecule has 22 heavy (non-hydrogen) atoms. The van der Waals surface area contributed by atoms with Gasteiger partial charge in [-0.1, -0.05) is 35.9 Å². The number of nitriles is 1. The van der Waals surface area contributed by atoms with E-state index >= 15 is 0 Å². The number of benzene rings is 2. The van der Waals surface area contributed by atoms with Gasteiger partial charge in [-0.05, 0) is 41.5 Å². The topological polar surface area (TPSA) is 73.1 Å². The van der Waals surface area contributed by atoms with Gasteiger partial charge >= 0.3 is 0 Å². The van der Waals surface area contributed by atoms with Gasteiger partial charge in [0.2, 0.25) is 0 Å². The maximum atomic E-state index is 12.0. The predicted molar refractivity (Wildman–Crippen MR) is 85.0 cm³/mol. The molecule has 0 unspecified atom stereocenters. The lowest BCUT2D eigenvalue weighted by atomic mass is 10.1. The van der Waals surface area contributed by atoms with Gasteiger partial charge in [-0.2, -0.15) is 5.26 Å². The Morgan fingerprint density at radius 2 is 2.00 bits per heavy atom. The number of aromatic hydroxyl groups is 1. The Kier molecular flexibility index (Phi) is 5.18. The van der Waals surface area contributed by atoms with Gasteiger partial charge in [0.1, 0.15) is 17.4 Å². The minimum atomic E-state index is -0.471. The van der Waals surface area contributed by atoms with Gasteiger partial charge in [-0.3, -0.25) is 4.79 Å². The second-order valence-electron chi connectivity index (χ2n) is 4.57. The van der Waals surface area contributed by atoms with Crippen LogP contribution in [0.3, 0.4) is 0 Å². The van der Waals surface area contributed by atoms with Gasteiger partial charge in [-0.25, -0.2) is 0 Å². The number of phenolic OH excluding ortho intramolecular Hbond substituents is 1. The summed E-state index contributed by atoms with van der Waals surface area (Å²) in [4.78, 5) is 12.0. The third-order valence-electron chi connectivity index (χ3n) is 2.91. The molecule has 0 spiro atoms. The van der Waals surface area contributed by atoms with Crippen molar-refractivity contribution in [2.24, 2.45) is 0 Å². The number of carbonyl (C=O) groups is 1. The maximum absolute atomic E-state index is 12.0.